The first-order chi connectivity index (χ1) is 8.75. The zero-order chi connectivity index (χ0) is 12.5. The van der Waals surface area contributed by atoms with E-state index >= 15 is 0 Å². The van der Waals surface area contributed by atoms with Crippen molar-refractivity contribution in [3.8, 4) is 0 Å². The first-order valence-electron chi connectivity index (χ1n) is 5.66. The normalized spacial score (nSPS) is 10.9. The molecule has 3 aromatic rings. The molecule has 0 aliphatic carbocycles. The highest BCUT2D eigenvalue weighted by atomic mass is 32.1. The molecule has 2 nitrogen and oxygen atoms in total. The largest absolute Gasteiger partial charge is 0.331 e. The number of fused-ring (bicyclic) bond motifs is 1. The van der Waals surface area contributed by atoms with E-state index in [0.29, 0.717) is 16.9 Å². The van der Waals surface area contributed by atoms with Gasteiger partial charge in [0.2, 0.25) is 0 Å². The van der Waals surface area contributed by atoms with Crippen LogP contribution in [-0.2, 0) is 6.54 Å². The Balaban J connectivity index is 2.13. The van der Waals surface area contributed by atoms with Gasteiger partial charge in [-0.3, -0.25) is 0 Å². The number of nitrogens with zero attached hydrogens (tertiary/aromatic N) is 1. The Morgan fingerprint density at radius 2 is 1.78 bits per heavy atom. The van der Waals surface area contributed by atoms with E-state index in [1.165, 1.54) is 6.07 Å². The molecule has 1 aromatic heterocycles. The second-order valence-corrected chi connectivity index (χ2v) is 4.51. The van der Waals surface area contributed by atoms with Gasteiger partial charge < -0.3 is 9.55 Å². The minimum atomic E-state index is -0.204. The van der Waals surface area contributed by atoms with Gasteiger partial charge in [0.1, 0.15) is 5.82 Å². The second-order valence-electron chi connectivity index (χ2n) is 4.12. The monoisotopic (exact) mass is 258 g/mol. The van der Waals surface area contributed by atoms with Crippen molar-refractivity contribution >= 4 is 23.3 Å². The number of para-hydroxylation sites is 2. The number of hydrogen-bond acceptors (Lipinski definition) is 1. The number of halogens is 1. The molecule has 0 atom stereocenters. The Morgan fingerprint density at radius 1 is 1.06 bits per heavy atom. The van der Waals surface area contributed by atoms with Crippen molar-refractivity contribution < 1.29 is 4.39 Å². The topological polar surface area (TPSA) is 20.7 Å². The number of rotatable bonds is 2. The molecule has 0 fully saturated rings. The molecular weight excluding hydrogens is 247 g/mol. The summed E-state index contributed by atoms with van der Waals surface area (Å²) in [7, 11) is 0. The molecule has 0 radical (unpaired) electrons. The number of imidazole rings is 1. The van der Waals surface area contributed by atoms with Crippen molar-refractivity contribution in [3.63, 3.8) is 0 Å². The van der Waals surface area contributed by atoms with Crippen LogP contribution in [0.15, 0.2) is 48.5 Å². The summed E-state index contributed by atoms with van der Waals surface area (Å²) in [5, 5.41) is 0. The van der Waals surface area contributed by atoms with Gasteiger partial charge in [-0.05, 0) is 30.4 Å². The lowest BCUT2D eigenvalue weighted by molar-refractivity contribution is 0.600. The predicted octanol–water partition coefficient (Wildman–Crippen LogP) is 3.89. The van der Waals surface area contributed by atoms with Crippen LogP contribution in [0, 0.1) is 10.6 Å². The van der Waals surface area contributed by atoms with E-state index in [0.717, 1.165) is 11.0 Å². The standard InChI is InChI=1S/C14H11FN2S/c15-11-6-2-1-5-10(11)9-17-13-8-4-3-7-12(13)16-14(17)18/h1-8H,9H2,(H,16,18). The van der Waals surface area contributed by atoms with Gasteiger partial charge in [0, 0.05) is 5.56 Å². The summed E-state index contributed by atoms with van der Waals surface area (Å²) in [5.74, 6) is -0.204. The van der Waals surface area contributed by atoms with Crippen molar-refractivity contribution in [2.24, 2.45) is 0 Å². The zero-order valence-electron chi connectivity index (χ0n) is 9.56. The number of benzene rings is 2. The van der Waals surface area contributed by atoms with Crippen LogP contribution < -0.4 is 0 Å². The highest BCUT2D eigenvalue weighted by Gasteiger charge is 2.06. The molecule has 0 spiro atoms. The first kappa shape index (κ1) is 11.2. The summed E-state index contributed by atoms with van der Waals surface area (Å²) in [6.45, 7) is 0.440. The van der Waals surface area contributed by atoms with Crippen LogP contribution in [0.1, 0.15) is 5.56 Å². The highest BCUT2D eigenvalue weighted by Crippen LogP contribution is 2.16. The first-order valence-corrected chi connectivity index (χ1v) is 6.07. The molecule has 90 valence electrons. The van der Waals surface area contributed by atoms with Gasteiger partial charge in [-0.1, -0.05) is 30.3 Å². The van der Waals surface area contributed by atoms with E-state index in [2.05, 4.69) is 4.98 Å². The third kappa shape index (κ3) is 1.84. The molecule has 0 aliphatic rings. The van der Waals surface area contributed by atoms with Crippen LogP contribution in [0.3, 0.4) is 0 Å². The van der Waals surface area contributed by atoms with Crippen LogP contribution in [0.25, 0.3) is 11.0 Å². The lowest BCUT2D eigenvalue weighted by Gasteiger charge is -2.05. The Bertz CT molecular complexity index is 758. The van der Waals surface area contributed by atoms with Gasteiger partial charge in [-0.15, -0.1) is 0 Å². The van der Waals surface area contributed by atoms with Gasteiger partial charge in [-0.25, -0.2) is 4.39 Å². The zero-order valence-corrected chi connectivity index (χ0v) is 10.4. The fourth-order valence-electron chi connectivity index (χ4n) is 2.06. The van der Waals surface area contributed by atoms with Crippen LogP contribution >= 0.6 is 12.2 Å². The fraction of sp³-hybridized carbons (Fsp3) is 0.0714. The summed E-state index contributed by atoms with van der Waals surface area (Å²) in [4.78, 5) is 3.12. The summed E-state index contributed by atoms with van der Waals surface area (Å²) in [5.41, 5.74) is 2.60. The van der Waals surface area contributed by atoms with Crippen molar-refractivity contribution in [1.29, 1.82) is 0 Å². The second kappa shape index (κ2) is 4.38. The quantitative estimate of drug-likeness (QED) is 0.692. The Hall–Kier alpha value is -1.94. The van der Waals surface area contributed by atoms with E-state index in [1.807, 2.05) is 34.9 Å². The van der Waals surface area contributed by atoms with Gasteiger partial charge in [-0.2, -0.15) is 0 Å². The average Bonchev–Trinajstić information content (AvgIpc) is 2.69. The SMILES string of the molecule is Fc1ccccc1Cn1c(=S)[nH]c2ccccc21. The highest BCUT2D eigenvalue weighted by molar-refractivity contribution is 7.71. The molecule has 1 N–H and O–H groups in total. The molecule has 1 heterocycles. The lowest BCUT2D eigenvalue weighted by Crippen LogP contribution is -2.01. The van der Waals surface area contributed by atoms with Crippen molar-refractivity contribution in [2.45, 2.75) is 6.54 Å². The number of H-pyrrole nitrogens is 1. The number of hydrogen-bond donors (Lipinski definition) is 1. The minimum Gasteiger partial charge on any atom is -0.331 e. The summed E-state index contributed by atoms with van der Waals surface area (Å²) in [6, 6.07) is 14.6. The summed E-state index contributed by atoms with van der Waals surface area (Å²) >= 11 is 5.28. The molecule has 0 aliphatic heterocycles. The molecule has 4 heteroatoms. The molecule has 2 aromatic carbocycles. The van der Waals surface area contributed by atoms with E-state index < -0.39 is 0 Å². The maximum atomic E-state index is 13.7. The fourth-order valence-corrected chi connectivity index (χ4v) is 2.33. The van der Waals surface area contributed by atoms with Crippen LogP contribution in [0.4, 0.5) is 4.39 Å². The van der Waals surface area contributed by atoms with E-state index in [-0.39, 0.29) is 5.82 Å². The Kier molecular flexibility index (Phi) is 2.72. The van der Waals surface area contributed by atoms with Crippen molar-refractivity contribution in [3.05, 3.63) is 64.7 Å². The van der Waals surface area contributed by atoms with Gasteiger partial charge in [0.25, 0.3) is 0 Å². The minimum absolute atomic E-state index is 0.204. The predicted molar refractivity (Wildman–Crippen MR) is 72.6 cm³/mol. The maximum Gasteiger partial charge on any atom is 0.178 e. The third-order valence-corrected chi connectivity index (χ3v) is 3.29. The van der Waals surface area contributed by atoms with Gasteiger partial charge >= 0.3 is 0 Å². The van der Waals surface area contributed by atoms with Gasteiger partial charge in [0.05, 0.1) is 17.6 Å². The van der Waals surface area contributed by atoms with Crippen molar-refractivity contribution in [2.75, 3.05) is 0 Å². The van der Waals surface area contributed by atoms with Crippen LogP contribution in [0.2, 0.25) is 0 Å². The summed E-state index contributed by atoms with van der Waals surface area (Å²) in [6.07, 6.45) is 0. The maximum absolute atomic E-state index is 13.7. The number of aromatic amines is 1. The Labute approximate surface area is 109 Å². The Morgan fingerprint density at radius 3 is 2.61 bits per heavy atom. The van der Waals surface area contributed by atoms with E-state index in [1.54, 1.807) is 12.1 Å². The molecule has 3 rings (SSSR count). The molecule has 0 saturated carbocycles. The lowest BCUT2D eigenvalue weighted by atomic mass is 10.2. The number of aromatic nitrogens is 2. The van der Waals surface area contributed by atoms with Gasteiger partial charge in [0.15, 0.2) is 4.77 Å². The molecule has 0 amide bonds. The molecule has 0 unspecified atom stereocenters. The molecule has 0 saturated heterocycles. The summed E-state index contributed by atoms with van der Waals surface area (Å²) < 4.78 is 16.2. The van der Waals surface area contributed by atoms with Crippen LogP contribution in [-0.4, -0.2) is 9.55 Å². The smallest absolute Gasteiger partial charge is 0.178 e. The third-order valence-electron chi connectivity index (χ3n) is 2.97. The van der Waals surface area contributed by atoms with E-state index in [9.17, 15) is 4.39 Å². The molecular formula is C14H11FN2S. The average molecular weight is 258 g/mol. The van der Waals surface area contributed by atoms with Crippen LogP contribution in [0.5, 0.6) is 0 Å². The van der Waals surface area contributed by atoms with E-state index in [4.69, 9.17) is 12.2 Å². The molecule has 0 bridgehead atoms. The van der Waals surface area contributed by atoms with Crippen molar-refractivity contribution in [1.82, 2.24) is 9.55 Å². The molecule has 18 heavy (non-hydrogen) atoms. The number of nitrogens with one attached hydrogen (secondary N) is 1.